The van der Waals surface area contributed by atoms with Crippen LogP contribution < -0.4 is 14.8 Å². The zero-order valence-corrected chi connectivity index (χ0v) is 9.58. The Labute approximate surface area is 95.8 Å². The molecule has 2 aliphatic heterocycles. The fourth-order valence-corrected chi connectivity index (χ4v) is 2.63. The van der Waals surface area contributed by atoms with Gasteiger partial charge in [0.1, 0.15) is 17.1 Å². The summed E-state index contributed by atoms with van der Waals surface area (Å²) in [4.78, 5) is 0. The summed E-state index contributed by atoms with van der Waals surface area (Å²) in [5.74, 6) is 1.89. The highest BCUT2D eigenvalue weighted by Crippen LogP contribution is 2.38. The van der Waals surface area contributed by atoms with Gasteiger partial charge in [0.2, 0.25) is 0 Å². The summed E-state index contributed by atoms with van der Waals surface area (Å²) >= 11 is 0. The molecule has 1 aromatic carbocycles. The highest BCUT2D eigenvalue weighted by Gasteiger charge is 2.39. The second-order valence-corrected chi connectivity index (χ2v) is 4.69. The Morgan fingerprint density at radius 3 is 3.06 bits per heavy atom. The number of rotatable bonds is 1. The van der Waals surface area contributed by atoms with E-state index >= 15 is 0 Å². The van der Waals surface area contributed by atoms with Crippen LogP contribution in [-0.2, 0) is 6.42 Å². The van der Waals surface area contributed by atoms with Gasteiger partial charge in [0.25, 0.3) is 0 Å². The van der Waals surface area contributed by atoms with E-state index < -0.39 is 0 Å². The topological polar surface area (TPSA) is 30.5 Å². The average Bonchev–Trinajstić information content (AvgIpc) is 2.76. The van der Waals surface area contributed by atoms with E-state index in [1.165, 1.54) is 5.56 Å². The highest BCUT2D eigenvalue weighted by atomic mass is 16.5. The molecule has 1 aromatic rings. The molecule has 1 saturated heterocycles. The Bertz CT molecular complexity index is 397. The van der Waals surface area contributed by atoms with Gasteiger partial charge in [-0.05, 0) is 31.0 Å². The van der Waals surface area contributed by atoms with Crippen molar-refractivity contribution in [1.29, 1.82) is 0 Å². The van der Waals surface area contributed by atoms with Crippen LogP contribution in [0.25, 0.3) is 0 Å². The number of hydrogen-bond donors (Lipinski definition) is 1. The lowest BCUT2D eigenvalue weighted by atomic mass is 9.90. The molecule has 3 heteroatoms. The molecule has 2 heterocycles. The lowest BCUT2D eigenvalue weighted by Gasteiger charge is -2.35. The Morgan fingerprint density at radius 2 is 2.31 bits per heavy atom. The number of fused-ring (bicyclic) bond motifs is 1. The first-order valence-corrected chi connectivity index (χ1v) is 5.88. The molecular formula is C13H17NO2. The van der Waals surface area contributed by atoms with Crippen molar-refractivity contribution in [3.63, 3.8) is 0 Å². The van der Waals surface area contributed by atoms with E-state index in [9.17, 15) is 0 Å². The molecule has 16 heavy (non-hydrogen) atoms. The lowest BCUT2D eigenvalue weighted by Crippen LogP contribution is -2.41. The van der Waals surface area contributed by atoms with Crippen molar-refractivity contribution >= 4 is 0 Å². The number of benzene rings is 1. The molecule has 0 saturated carbocycles. The number of ether oxygens (including phenoxy) is 2. The SMILES string of the molecule is COc1ccc2c(c1)OC1(CCNC1)CC2. The van der Waals surface area contributed by atoms with Gasteiger partial charge in [-0.2, -0.15) is 0 Å². The molecule has 2 aliphatic rings. The molecule has 1 atom stereocenters. The smallest absolute Gasteiger partial charge is 0.127 e. The molecular weight excluding hydrogens is 202 g/mol. The minimum absolute atomic E-state index is 0.0410. The van der Waals surface area contributed by atoms with Crippen LogP contribution in [0.15, 0.2) is 18.2 Å². The van der Waals surface area contributed by atoms with Gasteiger partial charge in [-0.3, -0.25) is 0 Å². The number of aryl methyl sites for hydroxylation is 1. The minimum atomic E-state index is 0.0410. The molecule has 3 rings (SSSR count). The van der Waals surface area contributed by atoms with E-state index in [0.717, 1.165) is 43.9 Å². The predicted molar refractivity (Wildman–Crippen MR) is 62.2 cm³/mol. The number of hydrogen-bond acceptors (Lipinski definition) is 3. The van der Waals surface area contributed by atoms with Gasteiger partial charge in [-0.1, -0.05) is 6.07 Å². The Morgan fingerprint density at radius 1 is 1.38 bits per heavy atom. The minimum Gasteiger partial charge on any atom is -0.497 e. The molecule has 1 N–H and O–H groups in total. The third kappa shape index (κ3) is 1.55. The molecule has 0 aromatic heterocycles. The van der Waals surface area contributed by atoms with E-state index in [-0.39, 0.29) is 5.60 Å². The predicted octanol–water partition coefficient (Wildman–Crippen LogP) is 1.75. The fourth-order valence-electron chi connectivity index (χ4n) is 2.63. The summed E-state index contributed by atoms with van der Waals surface area (Å²) in [5.41, 5.74) is 1.35. The van der Waals surface area contributed by atoms with Gasteiger partial charge in [0, 0.05) is 19.0 Å². The van der Waals surface area contributed by atoms with Crippen LogP contribution in [0.2, 0.25) is 0 Å². The molecule has 1 unspecified atom stereocenters. The van der Waals surface area contributed by atoms with Crippen LogP contribution in [0.1, 0.15) is 18.4 Å². The first-order chi connectivity index (χ1) is 7.81. The first kappa shape index (κ1) is 9.97. The van der Waals surface area contributed by atoms with Gasteiger partial charge in [-0.15, -0.1) is 0 Å². The van der Waals surface area contributed by atoms with Crippen LogP contribution in [0.4, 0.5) is 0 Å². The normalized spacial score (nSPS) is 27.6. The quantitative estimate of drug-likeness (QED) is 0.780. The zero-order valence-electron chi connectivity index (χ0n) is 9.58. The van der Waals surface area contributed by atoms with Gasteiger partial charge in [-0.25, -0.2) is 0 Å². The highest BCUT2D eigenvalue weighted by molar-refractivity contribution is 5.42. The largest absolute Gasteiger partial charge is 0.497 e. The number of nitrogens with one attached hydrogen (secondary N) is 1. The van der Waals surface area contributed by atoms with Crippen LogP contribution >= 0.6 is 0 Å². The van der Waals surface area contributed by atoms with Crippen LogP contribution in [0.3, 0.4) is 0 Å². The second-order valence-electron chi connectivity index (χ2n) is 4.69. The maximum atomic E-state index is 6.18. The fraction of sp³-hybridized carbons (Fsp3) is 0.538. The van der Waals surface area contributed by atoms with Crippen molar-refractivity contribution in [3.8, 4) is 11.5 Å². The molecule has 0 aliphatic carbocycles. The van der Waals surface area contributed by atoms with Crippen molar-refractivity contribution in [2.75, 3.05) is 20.2 Å². The van der Waals surface area contributed by atoms with E-state index in [0.29, 0.717) is 0 Å². The molecule has 1 fully saturated rings. The van der Waals surface area contributed by atoms with Gasteiger partial charge in [0.15, 0.2) is 0 Å². The van der Waals surface area contributed by atoms with Crippen molar-refractivity contribution < 1.29 is 9.47 Å². The third-order valence-electron chi connectivity index (χ3n) is 3.66. The van der Waals surface area contributed by atoms with E-state index in [2.05, 4.69) is 11.4 Å². The van der Waals surface area contributed by atoms with Gasteiger partial charge < -0.3 is 14.8 Å². The zero-order chi connectivity index (χ0) is 11.0. The van der Waals surface area contributed by atoms with Crippen LogP contribution in [-0.4, -0.2) is 25.8 Å². The Hall–Kier alpha value is -1.22. The third-order valence-corrected chi connectivity index (χ3v) is 3.66. The molecule has 3 nitrogen and oxygen atoms in total. The average molecular weight is 219 g/mol. The Kier molecular flexibility index (Phi) is 2.28. The summed E-state index contributed by atoms with van der Waals surface area (Å²) in [6.45, 7) is 2.04. The maximum absolute atomic E-state index is 6.18. The molecule has 86 valence electrons. The van der Waals surface area contributed by atoms with Gasteiger partial charge in [0.05, 0.1) is 7.11 Å². The summed E-state index contributed by atoms with van der Waals surface area (Å²) in [6.07, 6.45) is 3.35. The summed E-state index contributed by atoms with van der Waals surface area (Å²) in [6, 6.07) is 6.13. The number of methoxy groups -OCH3 is 1. The second kappa shape index (κ2) is 3.67. The van der Waals surface area contributed by atoms with E-state index in [4.69, 9.17) is 9.47 Å². The monoisotopic (exact) mass is 219 g/mol. The van der Waals surface area contributed by atoms with Crippen molar-refractivity contribution in [2.45, 2.75) is 24.9 Å². The van der Waals surface area contributed by atoms with Gasteiger partial charge >= 0.3 is 0 Å². The Balaban J connectivity index is 1.91. The van der Waals surface area contributed by atoms with Crippen LogP contribution in [0.5, 0.6) is 11.5 Å². The molecule has 0 amide bonds. The first-order valence-electron chi connectivity index (χ1n) is 5.88. The summed E-state index contributed by atoms with van der Waals surface area (Å²) < 4.78 is 11.4. The standard InChI is InChI=1S/C13H17NO2/c1-15-11-3-2-10-4-5-13(6-7-14-9-13)16-12(10)8-11/h2-3,8,14H,4-7,9H2,1H3. The van der Waals surface area contributed by atoms with Crippen molar-refractivity contribution in [1.82, 2.24) is 5.32 Å². The van der Waals surface area contributed by atoms with E-state index in [1.807, 2.05) is 12.1 Å². The molecule has 0 radical (unpaired) electrons. The molecule has 1 spiro atoms. The summed E-state index contributed by atoms with van der Waals surface area (Å²) in [7, 11) is 1.69. The lowest BCUT2D eigenvalue weighted by molar-refractivity contribution is 0.0661. The maximum Gasteiger partial charge on any atom is 0.127 e. The van der Waals surface area contributed by atoms with Crippen molar-refractivity contribution in [3.05, 3.63) is 23.8 Å². The van der Waals surface area contributed by atoms with E-state index in [1.54, 1.807) is 7.11 Å². The molecule has 0 bridgehead atoms. The van der Waals surface area contributed by atoms with Crippen LogP contribution in [0, 0.1) is 0 Å². The van der Waals surface area contributed by atoms with Crippen molar-refractivity contribution in [2.24, 2.45) is 0 Å². The summed E-state index contributed by atoms with van der Waals surface area (Å²) in [5, 5.41) is 3.39.